The smallest absolute Gasteiger partial charge is 0.0358 e. The number of allylic oxidation sites excluding steroid dienone is 3. The highest BCUT2D eigenvalue weighted by Gasteiger charge is 2.16. The molecule has 0 saturated heterocycles. The summed E-state index contributed by atoms with van der Waals surface area (Å²) in [6.45, 7) is 6.40. The van der Waals surface area contributed by atoms with Crippen molar-refractivity contribution in [3.05, 3.63) is 53.6 Å². The third-order valence-electron chi connectivity index (χ3n) is 5.40. The van der Waals surface area contributed by atoms with Crippen LogP contribution >= 0.6 is 0 Å². The number of hydrogen-bond donors (Lipinski definition) is 1. The zero-order valence-corrected chi connectivity index (χ0v) is 18.9. The van der Waals surface area contributed by atoms with Crippen LogP contribution in [0, 0.1) is 0 Å². The zero-order valence-electron chi connectivity index (χ0n) is 18.9. The minimum absolute atomic E-state index is 0.306. The van der Waals surface area contributed by atoms with Crippen LogP contribution < -0.4 is 5.73 Å². The van der Waals surface area contributed by atoms with Crippen LogP contribution in [0.15, 0.2) is 42.5 Å². The van der Waals surface area contributed by atoms with Crippen molar-refractivity contribution >= 4 is 6.08 Å². The molecule has 28 heavy (non-hydrogen) atoms. The fourth-order valence-corrected chi connectivity index (χ4v) is 3.67. The second kappa shape index (κ2) is 15.6. The van der Waals surface area contributed by atoms with E-state index in [0.717, 1.165) is 0 Å². The topological polar surface area (TPSA) is 26.0 Å². The molecule has 0 spiro atoms. The molecule has 0 saturated carbocycles. The molecule has 0 radical (unpaired) electrons. The van der Waals surface area contributed by atoms with Crippen LogP contribution in [0.5, 0.6) is 0 Å². The van der Waals surface area contributed by atoms with Gasteiger partial charge in [0.05, 0.1) is 0 Å². The Morgan fingerprint density at radius 1 is 0.750 bits per heavy atom. The first kappa shape index (κ1) is 24.7. The molecule has 0 aliphatic rings. The van der Waals surface area contributed by atoms with Gasteiger partial charge >= 0.3 is 0 Å². The molecule has 0 atom stereocenters. The van der Waals surface area contributed by atoms with E-state index in [2.05, 4.69) is 69.3 Å². The van der Waals surface area contributed by atoms with Crippen molar-refractivity contribution in [2.75, 3.05) is 0 Å². The number of hydrogen-bond acceptors (Lipinski definition) is 1. The SMILES string of the molecule is CCCCCCCCCCCCCCC=CC=Cc1ccccc1C(C)(C)N. The molecule has 1 nitrogen and oxygen atoms in total. The Labute approximate surface area is 175 Å². The number of rotatable bonds is 16. The van der Waals surface area contributed by atoms with Crippen molar-refractivity contribution < 1.29 is 0 Å². The lowest BCUT2D eigenvalue weighted by Crippen LogP contribution is -2.29. The standard InChI is InChI=1S/C27H45N/c1-4-5-6-7-8-9-10-11-12-13-14-15-16-17-18-19-22-25-23-20-21-24-26(25)27(2,3)28/h17-24H,4-16,28H2,1-3H3. The molecule has 1 aromatic carbocycles. The van der Waals surface area contributed by atoms with Gasteiger partial charge in [0.2, 0.25) is 0 Å². The summed E-state index contributed by atoms with van der Waals surface area (Å²) in [4.78, 5) is 0. The Kier molecular flexibility index (Phi) is 13.7. The second-order valence-corrected chi connectivity index (χ2v) is 8.77. The van der Waals surface area contributed by atoms with Crippen molar-refractivity contribution in [3.63, 3.8) is 0 Å². The van der Waals surface area contributed by atoms with Crippen LogP contribution in [0.4, 0.5) is 0 Å². The third-order valence-corrected chi connectivity index (χ3v) is 5.40. The molecule has 0 bridgehead atoms. The molecule has 0 aliphatic carbocycles. The third kappa shape index (κ3) is 12.2. The molecule has 1 heteroatoms. The zero-order chi connectivity index (χ0) is 20.5. The van der Waals surface area contributed by atoms with Crippen molar-refractivity contribution in [1.82, 2.24) is 0 Å². The maximum absolute atomic E-state index is 6.27. The van der Waals surface area contributed by atoms with E-state index < -0.39 is 0 Å². The average Bonchev–Trinajstić information content (AvgIpc) is 2.67. The molecule has 0 heterocycles. The normalized spacial score (nSPS) is 12.4. The molecule has 0 aliphatic heterocycles. The van der Waals surface area contributed by atoms with Gasteiger partial charge in [-0.05, 0) is 37.8 Å². The predicted molar refractivity (Wildman–Crippen MR) is 128 cm³/mol. The lowest BCUT2D eigenvalue weighted by molar-refractivity contribution is 0.545. The average molecular weight is 384 g/mol. The Hall–Kier alpha value is -1.34. The van der Waals surface area contributed by atoms with Gasteiger partial charge in [-0.15, -0.1) is 0 Å². The molecule has 1 rings (SSSR count). The van der Waals surface area contributed by atoms with Gasteiger partial charge in [-0.1, -0.05) is 126 Å². The quantitative estimate of drug-likeness (QED) is 0.224. The molecule has 1 aromatic rings. The van der Waals surface area contributed by atoms with E-state index in [1.54, 1.807) is 0 Å². The van der Waals surface area contributed by atoms with Crippen LogP contribution in [0.2, 0.25) is 0 Å². The highest BCUT2D eigenvalue weighted by molar-refractivity contribution is 5.56. The van der Waals surface area contributed by atoms with Crippen LogP contribution in [-0.4, -0.2) is 0 Å². The van der Waals surface area contributed by atoms with Crippen molar-refractivity contribution in [2.24, 2.45) is 5.73 Å². The summed E-state index contributed by atoms with van der Waals surface area (Å²) in [5.41, 5.74) is 8.37. The van der Waals surface area contributed by atoms with Gasteiger partial charge in [-0.3, -0.25) is 0 Å². The van der Waals surface area contributed by atoms with Crippen molar-refractivity contribution in [1.29, 1.82) is 0 Å². The Morgan fingerprint density at radius 3 is 1.86 bits per heavy atom. The van der Waals surface area contributed by atoms with Crippen molar-refractivity contribution in [3.8, 4) is 0 Å². The Morgan fingerprint density at radius 2 is 1.29 bits per heavy atom. The molecule has 0 fully saturated rings. The Bertz CT molecular complexity index is 548. The predicted octanol–water partition coefficient (Wildman–Crippen LogP) is 8.54. The summed E-state index contributed by atoms with van der Waals surface area (Å²) in [7, 11) is 0. The molecular formula is C27H45N. The maximum atomic E-state index is 6.27. The van der Waals surface area contributed by atoms with Crippen LogP contribution in [0.3, 0.4) is 0 Å². The largest absolute Gasteiger partial charge is 0.322 e. The van der Waals surface area contributed by atoms with E-state index in [9.17, 15) is 0 Å². The lowest BCUT2D eigenvalue weighted by Gasteiger charge is -2.21. The molecule has 158 valence electrons. The van der Waals surface area contributed by atoms with E-state index in [4.69, 9.17) is 5.73 Å². The highest BCUT2D eigenvalue weighted by Crippen LogP contribution is 2.22. The number of benzene rings is 1. The van der Waals surface area contributed by atoms with Crippen LogP contribution in [-0.2, 0) is 5.54 Å². The minimum Gasteiger partial charge on any atom is -0.322 e. The fraction of sp³-hybridized carbons (Fsp3) is 0.630. The van der Waals surface area contributed by atoms with E-state index in [-0.39, 0.29) is 5.54 Å². The van der Waals surface area contributed by atoms with Gasteiger partial charge in [0, 0.05) is 5.54 Å². The summed E-state index contributed by atoms with van der Waals surface area (Å²) in [6, 6.07) is 8.39. The summed E-state index contributed by atoms with van der Waals surface area (Å²) < 4.78 is 0. The van der Waals surface area contributed by atoms with Crippen molar-refractivity contribution in [2.45, 2.75) is 110 Å². The molecule has 2 N–H and O–H groups in total. The van der Waals surface area contributed by atoms with Crippen LogP contribution in [0.1, 0.15) is 115 Å². The fourth-order valence-electron chi connectivity index (χ4n) is 3.67. The number of nitrogens with two attached hydrogens (primary N) is 1. The molecule has 0 amide bonds. The first-order valence-electron chi connectivity index (χ1n) is 11.8. The van der Waals surface area contributed by atoms with E-state index in [0.29, 0.717) is 0 Å². The molecular weight excluding hydrogens is 338 g/mol. The van der Waals surface area contributed by atoms with E-state index in [1.807, 2.05) is 0 Å². The first-order valence-corrected chi connectivity index (χ1v) is 11.8. The molecule has 0 aromatic heterocycles. The van der Waals surface area contributed by atoms with E-state index >= 15 is 0 Å². The van der Waals surface area contributed by atoms with Gasteiger partial charge < -0.3 is 5.73 Å². The van der Waals surface area contributed by atoms with Gasteiger partial charge in [0.15, 0.2) is 0 Å². The number of unbranched alkanes of at least 4 members (excludes halogenated alkanes) is 12. The van der Waals surface area contributed by atoms with Gasteiger partial charge in [0.25, 0.3) is 0 Å². The second-order valence-electron chi connectivity index (χ2n) is 8.77. The highest BCUT2D eigenvalue weighted by atomic mass is 14.7. The first-order chi connectivity index (χ1) is 13.6. The maximum Gasteiger partial charge on any atom is 0.0358 e. The van der Waals surface area contributed by atoms with Gasteiger partial charge in [-0.25, -0.2) is 0 Å². The van der Waals surface area contributed by atoms with Gasteiger partial charge in [0.1, 0.15) is 0 Å². The monoisotopic (exact) mass is 383 g/mol. The Balaban J connectivity index is 2.04. The molecule has 0 unspecified atom stereocenters. The summed E-state index contributed by atoms with van der Waals surface area (Å²) in [6.07, 6.45) is 26.9. The van der Waals surface area contributed by atoms with E-state index in [1.165, 1.54) is 94.6 Å². The summed E-state index contributed by atoms with van der Waals surface area (Å²) in [5, 5.41) is 0. The summed E-state index contributed by atoms with van der Waals surface area (Å²) in [5.74, 6) is 0. The summed E-state index contributed by atoms with van der Waals surface area (Å²) >= 11 is 0. The lowest BCUT2D eigenvalue weighted by atomic mass is 9.91. The van der Waals surface area contributed by atoms with Gasteiger partial charge in [-0.2, -0.15) is 0 Å². The minimum atomic E-state index is -0.306. The van der Waals surface area contributed by atoms with Crippen LogP contribution in [0.25, 0.3) is 6.08 Å².